The van der Waals surface area contributed by atoms with Gasteiger partial charge in [-0.3, -0.25) is 4.79 Å². The number of hydrogen-bond acceptors (Lipinski definition) is 3. The molecule has 0 radical (unpaired) electrons. The second-order valence-corrected chi connectivity index (χ2v) is 5.12. The standard InChI is InChI=1S/C16H15O3P/c1-10-8-11(2)15(12(3)9-10)16(17)13-4-6-14(7-5-13)19-20-18/h4-9H,1-3H3. The van der Waals surface area contributed by atoms with Gasteiger partial charge in [0, 0.05) is 11.1 Å². The molecule has 0 atom stereocenters. The van der Waals surface area contributed by atoms with Crippen molar-refractivity contribution in [2.24, 2.45) is 0 Å². The van der Waals surface area contributed by atoms with E-state index in [1.54, 1.807) is 24.3 Å². The van der Waals surface area contributed by atoms with Crippen LogP contribution >= 0.6 is 8.69 Å². The van der Waals surface area contributed by atoms with Crippen molar-refractivity contribution in [1.82, 2.24) is 0 Å². The molecule has 0 spiro atoms. The summed E-state index contributed by atoms with van der Waals surface area (Å²) in [5, 5.41) is 0. The second kappa shape index (κ2) is 5.98. The van der Waals surface area contributed by atoms with Crippen molar-refractivity contribution in [3.63, 3.8) is 0 Å². The summed E-state index contributed by atoms with van der Waals surface area (Å²) >= 11 is 0. The predicted octanol–water partition coefficient (Wildman–Crippen LogP) is 4.43. The smallest absolute Gasteiger partial charge is 0.395 e. The van der Waals surface area contributed by atoms with E-state index in [1.807, 2.05) is 32.9 Å². The molecule has 2 rings (SSSR count). The molecule has 0 aliphatic heterocycles. The summed E-state index contributed by atoms with van der Waals surface area (Å²) in [5.41, 5.74) is 4.44. The van der Waals surface area contributed by atoms with E-state index in [2.05, 4.69) is 0 Å². The van der Waals surface area contributed by atoms with Gasteiger partial charge in [0.1, 0.15) is 5.75 Å². The van der Waals surface area contributed by atoms with E-state index >= 15 is 0 Å². The van der Waals surface area contributed by atoms with Crippen LogP contribution < -0.4 is 4.52 Å². The molecule has 0 aromatic heterocycles. The van der Waals surface area contributed by atoms with Gasteiger partial charge >= 0.3 is 8.69 Å². The van der Waals surface area contributed by atoms with Gasteiger partial charge < -0.3 is 4.52 Å². The van der Waals surface area contributed by atoms with Gasteiger partial charge in [0.05, 0.1) is 0 Å². The molecule has 0 bridgehead atoms. The monoisotopic (exact) mass is 286 g/mol. The van der Waals surface area contributed by atoms with Crippen molar-refractivity contribution in [2.75, 3.05) is 0 Å². The van der Waals surface area contributed by atoms with Crippen molar-refractivity contribution >= 4 is 14.5 Å². The van der Waals surface area contributed by atoms with E-state index in [0.29, 0.717) is 11.3 Å². The second-order valence-electron chi connectivity index (χ2n) is 4.79. The van der Waals surface area contributed by atoms with Gasteiger partial charge in [-0.15, -0.1) is 0 Å². The number of benzene rings is 2. The van der Waals surface area contributed by atoms with Gasteiger partial charge in [-0.2, -0.15) is 0 Å². The summed E-state index contributed by atoms with van der Waals surface area (Å²) in [6, 6.07) is 10.7. The summed E-state index contributed by atoms with van der Waals surface area (Å²) in [4.78, 5) is 12.6. The first-order valence-electron chi connectivity index (χ1n) is 6.25. The van der Waals surface area contributed by atoms with E-state index in [4.69, 9.17) is 4.52 Å². The lowest BCUT2D eigenvalue weighted by atomic mass is 9.93. The minimum Gasteiger partial charge on any atom is -0.408 e. The van der Waals surface area contributed by atoms with E-state index in [1.165, 1.54) is 0 Å². The normalized spacial score (nSPS) is 10.6. The molecular weight excluding hydrogens is 271 g/mol. The fraction of sp³-hybridized carbons (Fsp3) is 0.188. The van der Waals surface area contributed by atoms with Gasteiger partial charge in [-0.1, -0.05) is 17.7 Å². The molecule has 0 saturated carbocycles. The third-order valence-corrected chi connectivity index (χ3v) is 3.45. The molecule has 0 amide bonds. The average molecular weight is 286 g/mol. The summed E-state index contributed by atoms with van der Waals surface area (Å²) in [5.74, 6) is 0.460. The Labute approximate surface area is 119 Å². The minimum absolute atomic E-state index is 0.00813. The first-order valence-corrected chi connectivity index (χ1v) is 6.98. The Balaban J connectivity index is 2.38. The maximum atomic E-state index is 12.6. The minimum atomic E-state index is -0.402. The van der Waals surface area contributed by atoms with Crippen molar-refractivity contribution in [1.29, 1.82) is 0 Å². The van der Waals surface area contributed by atoms with Gasteiger partial charge in [-0.25, -0.2) is 4.57 Å². The third kappa shape index (κ3) is 2.94. The van der Waals surface area contributed by atoms with Gasteiger partial charge in [0.25, 0.3) is 0 Å². The lowest BCUT2D eigenvalue weighted by Gasteiger charge is -2.10. The van der Waals surface area contributed by atoms with Crippen LogP contribution in [0.15, 0.2) is 36.4 Å². The van der Waals surface area contributed by atoms with Crippen LogP contribution in [0, 0.1) is 20.8 Å². The Morgan fingerprint density at radius 3 is 2.05 bits per heavy atom. The highest BCUT2D eigenvalue weighted by atomic mass is 31.1. The number of rotatable bonds is 4. The maximum Gasteiger partial charge on any atom is 0.395 e. The SMILES string of the molecule is Cc1cc(C)c(C(=O)c2ccc(OP=O)cc2)c(C)c1. The van der Waals surface area contributed by atoms with E-state index in [9.17, 15) is 9.36 Å². The van der Waals surface area contributed by atoms with Crippen LogP contribution in [0.4, 0.5) is 0 Å². The van der Waals surface area contributed by atoms with E-state index in [-0.39, 0.29) is 5.78 Å². The lowest BCUT2D eigenvalue weighted by Crippen LogP contribution is -2.06. The fourth-order valence-corrected chi connectivity index (χ4v) is 2.60. The van der Waals surface area contributed by atoms with Crippen molar-refractivity contribution in [2.45, 2.75) is 20.8 Å². The van der Waals surface area contributed by atoms with Gasteiger partial charge in [0.15, 0.2) is 5.78 Å². The number of aryl methyl sites for hydroxylation is 3. The lowest BCUT2D eigenvalue weighted by molar-refractivity contribution is 0.103. The van der Waals surface area contributed by atoms with Crippen molar-refractivity contribution < 1.29 is 13.9 Å². The summed E-state index contributed by atoms with van der Waals surface area (Å²) < 4.78 is 15.2. The quantitative estimate of drug-likeness (QED) is 0.617. The molecule has 2 aromatic rings. The number of ketones is 1. The molecule has 0 saturated heterocycles. The van der Waals surface area contributed by atoms with Crippen LogP contribution in [-0.4, -0.2) is 5.78 Å². The molecule has 20 heavy (non-hydrogen) atoms. The van der Waals surface area contributed by atoms with Gasteiger partial charge in [-0.05, 0) is 56.2 Å². The number of hydrogen-bond donors (Lipinski definition) is 0. The van der Waals surface area contributed by atoms with Crippen molar-refractivity contribution in [3.8, 4) is 5.75 Å². The number of carbonyl (C=O) groups is 1. The molecule has 0 heterocycles. The topological polar surface area (TPSA) is 43.4 Å². The van der Waals surface area contributed by atoms with Crippen LogP contribution in [0.3, 0.4) is 0 Å². The summed E-state index contributed by atoms with van der Waals surface area (Å²) in [6.07, 6.45) is 0. The molecule has 2 aromatic carbocycles. The third-order valence-electron chi connectivity index (χ3n) is 3.16. The largest absolute Gasteiger partial charge is 0.408 e. The van der Waals surface area contributed by atoms with E-state index < -0.39 is 8.69 Å². The first-order chi connectivity index (χ1) is 9.52. The average Bonchev–Trinajstić information content (AvgIpc) is 2.38. The van der Waals surface area contributed by atoms with Crippen LogP contribution in [0.5, 0.6) is 5.75 Å². The van der Waals surface area contributed by atoms with Gasteiger partial charge in [0.2, 0.25) is 0 Å². The first kappa shape index (κ1) is 14.4. The zero-order valence-electron chi connectivity index (χ0n) is 11.6. The molecule has 0 aliphatic carbocycles. The van der Waals surface area contributed by atoms with Crippen LogP contribution in [0.2, 0.25) is 0 Å². The predicted molar refractivity (Wildman–Crippen MR) is 78.8 cm³/mol. The van der Waals surface area contributed by atoms with E-state index in [0.717, 1.165) is 22.3 Å². The number of carbonyl (C=O) groups excluding carboxylic acids is 1. The Morgan fingerprint density at radius 2 is 1.55 bits per heavy atom. The Hall–Kier alpha value is -1.99. The van der Waals surface area contributed by atoms with Crippen LogP contribution in [0.25, 0.3) is 0 Å². The summed E-state index contributed by atoms with van der Waals surface area (Å²) in [6.45, 7) is 5.91. The van der Waals surface area contributed by atoms with Crippen LogP contribution in [0.1, 0.15) is 32.6 Å². The fourth-order valence-electron chi connectivity index (χ4n) is 2.39. The van der Waals surface area contributed by atoms with Crippen molar-refractivity contribution in [3.05, 3.63) is 64.2 Å². The molecule has 3 nitrogen and oxygen atoms in total. The summed E-state index contributed by atoms with van der Waals surface area (Å²) in [7, 11) is -0.402. The zero-order chi connectivity index (χ0) is 14.7. The molecule has 4 heteroatoms. The maximum absolute atomic E-state index is 12.6. The Kier molecular flexibility index (Phi) is 4.31. The molecule has 102 valence electrons. The highest BCUT2D eigenvalue weighted by Gasteiger charge is 2.15. The molecule has 0 fully saturated rings. The highest BCUT2D eigenvalue weighted by Crippen LogP contribution is 2.22. The zero-order valence-corrected chi connectivity index (χ0v) is 12.5. The highest BCUT2D eigenvalue weighted by molar-refractivity contribution is 7.17. The molecular formula is C16H15O3P. The Morgan fingerprint density at radius 1 is 1.00 bits per heavy atom. The Bertz CT molecular complexity index is 637. The molecule has 0 aliphatic rings. The molecule has 0 N–H and O–H groups in total. The molecule has 0 unspecified atom stereocenters. The van der Waals surface area contributed by atoms with Crippen LogP contribution in [-0.2, 0) is 4.57 Å².